The zero-order valence-electron chi connectivity index (χ0n) is 15.9. The molecule has 1 atom stereocenters. The van der Waals surface area contributed by atoms with Gasteiger partial charge < -0.3 is 5.11 Å². The highest BCUT2D eigenvalue weighted by atomic mass is 16.4. The molecule has 1 saturated heterocycles. The fourth-order valence-corrected chi connectivity index (χ4v) is 3.94. The van der Waals surface area contributed by atoms with Crippen molar-refractivity contribution in [1.29, 1.82) is 0 Å². The van der Waals surface area contributed by atoms with Crippen molar-refractivity contribution in [2.45, 2.75) is 32.4 Å². The molecule has 1 unspecified atom stereocenters. The van der Waals surface area contributed by atoms with Crippen molar-refractivity contribution in [3.8, 4) is 11.1 Å². The number of rotatable bonds is 5. The predicted octanol–water partition coefficient (Wildman–Crippen LogP) is 4.49. The third kappa shape index (κ3) is 3.80. The van der Waals surface area contributed by atoms with E-state index < -0.39 is 5.97 Å². The van der Waals surface area contributed by atoms with Crippen LogP contribution < -0.4 is 0 Å². The molecular formula is C23H23N3O2. The van der Waals surface area contributed by atoms with Crippen LogP contribution in [0.15, 0.2) is 60.9 Å². The zero-order chi connectivity index (χ0) is 19.5. The minimum atomic E-state index is -0.904. The van der Waals surface area contributed by atoms with Gasteiger partial charge in [0, 0.05) is 18.9 Å². The third-order valence-corrected chi connectivity index (χ3v) is 5.29. The van der Waals surface area contributed by atoms with E-state index in [0.717, 1.165) is 48.4 Å². The van der Waals surface area contributed by atoms with Crippen LogP contribution in [0.4, 0.5) is 0 Å². The van der Waals surface area contributed by atoms with Gasteiger partial charge in [-0.1, -0.05) is 42.5 Å². The molecule has 1 N–H and O–H groups in total. The standard InChI is InChI=1S/C23H23N3O2/c1-16-13-24-14-21(25-16)22-7-4-12-26(22)15-17-8-10-18(11-9-17)19-5-2-3-6-20(19)23(27)28/h2-3,5-6,8-11,13-14,22H,4,7,12,15H2,1H3,(H,27,28). The molecule has 5 heteroatoms. The number of carbonyl (C=O) groups is 1. The van der Waals surface area contributed by atoms with Crippen LogP contribution in [0.5, 0.6) is 0 Å². The summed E-state index contributed by atoms with van der Waals surface area (Å²) in [6.45, 7) is 3.87. The fourth-order valence-electron chi connectivity index (χ4n) is 3.94. The van der Waals surface area contributed by atoms with Crippen molar-refractivity contribution in [3.05, 3.63) is 83.4 Å². The first kappa shape index (κ1) is 18.3. The van der Waals surface area contributed by atoms with Crippen molar-refractivity contribution in [1.82, 2.24) is 14.9 Å². The van der Waals surface area contributed by atoms with Crippen LogP contribution in [0.1, 0.15) is 46.2 Å². The minimum Gasteiger partial charge on any atom is -0.478 e. The maximum absolute atomic E-state index is 11.5. The van der Waals surface area contributed by atoms with Crippen LogP contribution in [-0.4, -0.2) is 32.5 Å². The molecule has 2 heterocycles. The van der Waals surface area contributed by atoms with E-state index in [1.54, 1.807) is 18.3 Å². The Bertz CT molecular complexity index is 985. The summed E-state index contributed by atoms with van der Waals surface area (Å²) in [7, 11) is 0. The second kappa shape index (κ2) is 7.90. The second-order valence-electron chi connectivity index (χ2n) is 7.26. The molecule has 0 aliphatic carbocycles. The van der Waals surface area contributed by atoms with Gasteiger partial charge in [0.1, 0.15) is 0 Å². The Morgan fingerprint density at radius 1 is 1.14 bits per heavy atom. The molecule has 0 amide bonds. The molecule has 1 aliphatic rings. The summed E-state index contributed by atoms with van der Waals surface area (Å²) in [6, 6.07) is 15.6. The average Bonchev–Trinajstić information content (AvgIpc) is 3.17. The fraction of sp³-hybridized carbons (Fsp3) is 0.261. The van der Waals surface area contributed by atoms with Crippen molar-refractivity contribution in [2.75, 3.05) is 6.54 Å². The number of aromatic nitrogens is 2. The maximum atomic E-state index is 11.5. The Balaban J connectivity index is 1.53. The summed E-state index contributed by atoms with van der Waals surface area (Å²) < 4.78 is 0. The first-order valence-electron chi connectivity index (χ1n) is 9.56. The molecule has 5 nitrogen and oxygen atoms in total. The van der Waals surface area contributed by atoms with Crippen LogP contribution in [0, 0.1) is 6.92 Å². The molecule has 0 spiro atoms. The van der Waals surface area contributed by atoms with Crippen LogP contribution in [0.25, 0.3) is 11.1 Å². The summed E-state index contributed by atoms with van der Waals surface area (Å²) in [5, 5.41) is 9.41. The Kier molecular flexibility index (Phi) is 5.17. The smallest absolute Gasteiger partial charge is 0.336 e. The summed E-state index contributed by atoms with van der Waals surface area (Å²) in [4.78, 5) is 22.9. The monoisotopic (exact) mass is 373 g/mol. The summed E-state index contributed by atoms with van der Waals surface area (Å²) in [6.07, 6.45) is 5.92. The maximum Gasteiger partial charge on any atom is 0.336 e. The normalized spacial score (nSPS) is 17.0. The molecule has 1 aromatic heterocycles. The number of aryl methyl sites for hydroxylation is 1. The number of aromatic carboxylic acids is 1. The van der Waals surface area contributed by atoms with Crippen molar-refractivity contribution < 1.29 is 9.90 Å². The van der Waals surface area contributed by atoms with Crippen molar-refractivity contribution in [3.63, 3.8) is 0 Å². The SMILES string of the molecule is Cc1cncc(C2CCCN2Cc2ccc(-c3ccccc3C(=O)O)cc2)n1. The number of likely N-dealkylation sites (tertiary alicyclic amines) is 1. The summed E-state index contributed by atoms with van der Waals surface area (Å²) in [5.41, 5.74) is 5.20. The number of hydrogen-bond donors (Lipinski definition) is 1. The van der Waals surface area contributed by atoms with E-state index in [4.69, 9.17) is 0 Å². The topological polar surface area (TPSA) is 66.3 Å². The number of hydrogen-bond acceptors (Lipinski definition) is 4. The molecule has 4 rings (SSSR count). The zero-order valence-corrected chi connectivity index (χ0v) is 15.9. The van der Waals surface area contributed by atoms with Gasteiger partial charge in [0.2, 0.25) is 0 Å². The van der Waals surface area contributed by atoms with E-state index in [1.807, 2.05) is 37.4 Å². The summed E-state index contributed by atoms with van der Waals surface area (Å²) >= 11 is 0. The first-order valence-corrected chi connectivity index (χ1v) is 9.56. The van der Waals surface area contributed by atoms with Gasteiger partial charge in [-0.05, 0) is 49.1 Å². The molecule has 0 bridgehead atoms. The van der Waals surface area contributed by atoms with Gasteiger partial charge in [-0.25, -0.2) is 4.79 Å². The average molecular weight is 373 g/mol. The Morgan fingerprint density at radius 2 is 1.93 bits per heavy atom. The lowest BCUT2D eigenvalue weighted by molar-refractivity contribution is 0.0697. The van der Waals surface area contributed by atoms with Gasteiger partial charge in [-0.2, -0.15) is 0 Å². The van der Waals surface area contributed by atoms with Gasteiger partial charge in [-0.15, -0.1) is 0 Å². The highest BCUT2D eigenvalue weighted by molar-refractivity contribution is 5.95. The third-order valence-electron chi connectivity index (χ3n) is 5.29. The van der Waals surface area contributed by atoms with Crippen molar-refractivity contribution in [2.24, 2.45) is 0 Å². The van der Waals surface area contributed by atoms with Gasteiger partial charge in [0.05, 0.1) is 23.0 Å². The molecule has 142 valence electrons. The van der Waals surface area contributed by atoms with Crippen LogP contribution in [0.3, 0.4) is 0 Å². The van der Waals surface area contributed by atoms with Gasteiger partial charge in [-0.3, -0.25) is 14.9 Å². The molecular weight excluding hydrogens is 350 g/mol. The predicted molar refractivity (Wildman–Crippen MR) is 108 cm³/mol. The molecule has 2 aromatic carbocycles. The van der Waals surface area contributed by atoms with Gasteiger partial charge >= 0.3 is 5.97 Å². The Labute approximate surface area is 164 Å². The second-order valence-corrected chi connectivity index (χ2v) is 7.26. The minimum absolute atomic E-state index is 0.305. The molecule has 1 aliphatic heterocycles. The highest BCUT2D eigenvalue weighted by Crippen LogP contribution is 2.32. The van der Waals surface area contributed by atoms with E-state index in [-0.39, 0.29) is 0 Å². The lowest BCUT2D eigenvalue weighted by atomic mass is 9.98. The molecule has 1 fully saturated rings. The quantitative estimate of drug-likeness (QED) is 0.714. The van der Waals surface area contributed by atoms with Crippen LogP contribution in [-0.2, 0) is 6.54 Å². The molecule has 28 heavy (non-hydrogen) atoms. The van der Waals surface area contributed by atoms with E-state index in [0.29, 0.717) is 11.6 Å². The highest BCUT2D eigenvalue weighted by Gasteiger charge is 2.27. The van der Waals surface area contributed by atoms with Crippen LogP contribution in [0.2, 0.25) is 0 Å². The molecule has 0 saturated carbocycles. The van der Waals surface area contributed by atoms with Crippen molar-refractivity contribution >= 4 is 5.97 Å². The van der Waals surface area contributed by atoms with E-state index >= 15 is 0 Å². The number of benzene rings is 2. The number of nitrogens with zero attached hydrogens (tertiary/aromatic N) is 3. The van der Waals surface area contributed by atoms with Gasteiger partial charge in [0.15, 0.2) is 0 Å². The largest absolute Gasteiger partial charge is 0.478 e. The number of carboxylic acid groups (broad SMARTS) is 1. The van der Waals surface area contributed by atoms with E-state index in [9.17, 15) is 9.90 Å². The Hall–Kier alpha value is -3.05. The Morgan fingerprint density at radius 3 is 2.68 bits per heavy atom. The van der Waals surface area contributed by atoms with Gasteiger partial charge in [0.25, 0.3) is 0 Å². The first-order chi connectivity index (χ1) is 13.6. The van der Waals surface area contributed by atoms with Crippen LogP contribution >= 0.6 is 0 Å². The van der Waals surface area contributed by atoms with E-state index in [1.165, 1.54) is 5.56 Å². The molecule has 0 radical (unpaired) electrons. The number of carboxylic acids is 1. The lowest BCUT2D eigenvalue weighted by Gasteiger charge is -2.24. The van der Waals surface area contributed by atoms with E-state index in [2.05, 4.69) is 27.0 Å². The lowest BCUT2D eigenvalue weighted by Crippen LogP contribution is -2.23. The summed E-state index contributed by atoms with van der Waals surface area (Å²) in [5.74, 6) is -0.904. The molecule has 3 aromatic rings.